The lowest BCUT2D eigenvalue weighted by Crippen LogP contribution is -1.98. The molecule has 1 heterocycles. The highest BCUT2D eigenvalue weighted by molar-refractivity contribution is 6.31. The quantitative estimate of drug-likeness (QED) is 0.634. The summed E-state index contributed by atoms with van der Waals surface area (Å²) in [5.41, 5.74) is -0.333. The number of halogens is 3. The maximum absolute atomic E-state index is 10.9. The molecule has 0 aliphatic heterocycles. The van der Waals surface area contributed by atoms with Crippen LogP contribution in [0.3, 0.4) is 0 Å². The van der Waals surface area contributed by atoms with E-state index in [0.717, 1.165) is 6.07 Å². The van der Waals surface area contributed by atoms with Gasteiger partial charge in [-0.25, -0.2) is 0 Å². The molecule has 0 unspecified atom stereocenters. The molecule has 2 aromatic rings. The van der Waals surface area contributed by atoms with Gasteiger partial charge >= 0.3 is 11.7 Å². The van der Waals surface area contributed by atoms with Crippen LogP contribution in [0.4, 0.5) is 5.69 Å². The molecule has 0 atom stereocenters. The zero-order chi connectivity index (χ0) is 14.0. The largest absolute Gasteiger partial charge is 0.417 e. The fourth-order valence-electron chi connectivity index (χ4n) is 1.17. The summed E-state index contributed by atoms with van der Waals surface area (Å²) in [6, 6.07) is 3.62. The Balaban J connectivity index is 2.40. The van der Waals surface area contributed by atoms with E-state index < -0.39 is 4.92 Å². The maximum atomic E-state index is 10.9. The molecule has 19 heavy (non-hydrogen) atoms. The molecule has 2 rings (SSSR count). The van der Waals surface area contributed by atoms with Crippen LogP contribution in [0.2, 0.25) is 15.6 Å². The molecular weight excluding hydrogens is 318 g/mol. The molecule has 0 aliphatic carbocycles. The molecule has 10 heteroatoms. The SMILES string of the molecule is O=[N+]([O-])c1cc(Cl)ccc1Oc1nc(Cl)nc(Cl)n1. The number of nitrogens with zero attached hydrogens (tertiary/aromatic N) is 4. The molecule has 0 bridgehead atoms. The van der Waals surface area contributed by atoms with Gasteiger partial charge in [0.05, 0.1) is 4.92 Å². The minimum atomic E-state index is -0.647. The molecule has 1 aromatic carbocycles. The van der Waals surface area contributed by atoms with E-state index in [1.54, 1.807) is 0 Å². The van der Waals surface area contributed by atoms with E-state index in [4.69, 9.17) is 39.5 Å². The number of ether oxygens (including phenoxy) is 1. The second-order valence-electron chi connectivity index (χ2n) is 3.13. The Labute approximate surface area is 121 Å². The predicted molar refractivity (Wildman–Crippen MR) is 68.0 cm³/mol. The van der Waals surface area contributed by atoms with Crippen LogP contribution in [0.15, 0.2) is 18.2 Å². The summed E-state index contributed by atoms with van der Waals surface area (Å²) in [7, 11) is 0. The number of nitro groups is 1. The molecule has 0 amide bonds. The van der Waals surface area contributed by atoms with Crippen LogP contribution in [0, 0.1) is 10.1 Å². The standard InChI is InChI=1S/C9H3Cl3N4O3/c10-4-1-2-6(5(3-4)16(17)18)19-9-14-7(11)13-8(12)15-9/h1-3H. The highest BCUT2D eigenvalue weighted by atomic mass is 35.5. The van der Waals surface area contributed by atoms with Crippen molar-refractivity contribution < 1.29 is 9.66 Å². The molecular formula is C9H3Cl3N4O3. The van der Waals surface area contributed by atoms with Crippen LogP contribution in [-0.2, 0) is 0 Å². The van der Waals surface area contributed by atoms with Crippen molar-refractivity contribution in [3.05, 3.63) is 43.9 Å². The van der Waals surface area contributed by atoms with Crippen LogP contribution >= 0.6 is 34.8 Å². The average Bonchev–Trinajstić information content (AvgIpc) is 2.30. The van der Waals surface area contributed by atoms with E-state index in [-0.39, 0.29) is 33.0 Å². The second-order valence-corrected chi connectivity index (χ2v) is 4.24. The zero-order valence-electron chi connectivity index (χ0n) is 8.88. The van der Waals surface area contributed by atoms with E-state index in [2.05, 4.69) is 15.0 Å². The lowest BCUT2D eigenvalue weighted by molar-refractivity contribution is -0.385. The van der Waals surface area contributed by atoms with Crippen LogP contribution in [0.25, 0.3) is 0 Å². The van der Waals surface area contributed by atoms with Crippen molar-refractivity contribution in [2.45, 2.75) is 0 Å². The van der Waals surface area contributed by atoms with Crippen molar-refractivity contribution in [3.63, 3.8) is 0 Å². The van der Waals surface area contributed by atoms with E-state index in [1.807, 2.05) is 0 Å². The highest BCUT2D eigenvalue weighted by Gasteiger charge is 2.18. The number of hydrogen-bond acceptors (Lipinski definition) is 6. The van der Waals surface area contributed by atoms with Crippen LogP contribution in [0.5, 0.6) is 11.8 Å². The molecule has 1 aromatic heterocycles. The van der Waals surface area contributed by atoms with Gasteiger partial charge in [0.2, 0.25) is 16.3 Å². The van der Waals surface area contributed by atoms with Gasteiger partial charge in [0.25, 0.3) is 0 Å². The van der Waals surface area contributed by atoms with Crippen molar-refractivity contribution in [2.24, 2.45) is 0 Å². The van der Waals surface area contributed by atoms with Crippen molar-refractivity contribution >= 4 is 40.5 Å². The van der Waals surface area contributed by atoms with Gasteiger partial charge in [-0.15, -0.1) is 0 Å². The molecule has 0 N–H and O–H groups in total. The summed E-state index contributed by atoms with van der Waals surface area (Å²) in [6.07, 6.45) is 0. The van der Waals surface area contributed by atoms with Crippen molar-refractivity contribution in [1.29, 1.82) is 0 Å². The molecule has 98 valence electrons. The van der Waals surface area contributed by atoms with Gasteiger partial charge in [0.15, 0.2) is 0 Å². The van der Waals surface area contributed by atoms with Crippen LogP contribution in [-0.4, -0.2) is 19.9 Å². The van der Waals surface area contributed by atoms with Crippen molar-refractivity contribution in [3.8, 4) is 11.8 Å². The molecule has 0 spiro atoms. The van der Waals surface area contributed by atoms with Gasteiger partial charge in [-0.05, 0) is 35.3 Å². The smallest absolute Gasteiger partial charge is 0.327 e. The molecule has 0 saturated carbocycles. The Morgan fingerprint density at radius 1 is 1.11 bits per heavy atom. The second kappa shape index (κ2) is 5.52. The Hall–Kier alpha value is -1.70. The van der Waals surface area contributed by atoms with Gasteiger partial charge in [0.1, 0.15) is 0 Å². The number of benzene rings is 1. The lowest BCUT2D eigenvalue weighted by Gasteiger charge is -2.04. The number of rotatable bonds is 3. The van der Waals surface area contributed by atoms with Gasteiger partial charge in [-0.3, -0.25) is 10.1 Å². The third kappa shape index (κ3) is 3.40. The van der Waals surface area contributed by atoms with Crippen LogP contribution < -0.4 is 4.74 Å². The van der Waals surface area contributed by atoms with E-state index >= 15 is 0 Å². The Morgan fingerprint density at radius 3 is 2.32 bits per heavy atom. The highest BCUT2D eigenvalue weighted by Crippen LogP contribution is 2.32. The summed E-state index contributed by atoms with van der Waals surface area (Å²) >= 11 is 16.8. The average molecular weight is 322 g/mol. The number of aromatic nitrogens is 3. The molecule has 7 nitrogen and oxygen atoms in total. The monoisotopic (exact) mass is 320 g/mol. The minimum Gasteiger partial charge on any atom is -0.417 e. The first-order valence-electron chi connectivity index (χ1n) is 4.64. The molecule has 0 saturated heterocycles. The number of hydrogen-bond donors (Lipinski definition) is 0. The lowest BCUT2D eigenvalue weighted by atomic mass is 10.3. The molecule has 0 radical (unpaired) electrons. The van der Waals surface area contributed by atoms with Crippen molar-refractivity contribution in [2.75, 3.05) is 0 Å². The Bertz CT molecular complexity index is 632. The first kappa shape index (κ1) is 13.7. The summed E-state index contributed by atoms with van der Waals surface area (Å²) in [5.74, 6) is -0.0901. The normalized spacial score (nSPS) is 10.3. The van der Waals surface area contributed by atoms with Crippen molar-refractivity contribution in [1.82, 2.24) is 15.0 Å². The number of nitro benzene ring substituents is 1. The minimum absolute atomic E-state index is 0.0901. The van der Waals surface area contributed by atoms with Crippen LogP contribution in [0.1, 0.15) is 0 Å². The first-order chi connectivity index (χ1) is 8.95. The zero-order valence-corrected chi connectivity index (χ0v) is 11.1. The van der Waals surface area contributed by atoms with E-state index in [9.17, 15) is 10.1 Å². The summed E-state index contributed by atoms with van der Waals surface area (Å²) in [6.45, 7) is 0. The fourth-order valence-corrected chi connectivity index (χ4v) is 1.69. The maximum Gasteiger partial charge on any atom is 0.327 e. The molecule has 0 aliphatic rings. The summed E-state index contributed by atoms with van der Waals surface area (Å²) in [5, 5.41) is 10.7. The topological polar surface area (TPSA) is 91.0 Å². The third-order valence-corrected chi connectivity index (χ3v) is 2.45. The first-order valence-corrected chi connectivity index (χ1v) is 5.78. The fraction of sp³-hybridized carbons (Fsp3) is 0. The summed E-state index contributed by atoms with van der Waals surface area (Å²) < 4.78 is 5.16. The molecule has 0 fully saturated rings. The van der Waals surface area contributed by atoms with Gasteiger partial charge < -0.3 is 4.74 Å². The Morgan fingerprint density at radius 2 is 1.74 bits per heavy atom. The van der Waals surface area contributed by atoms with Gasteiger partial charge in [-0.2, -0.15) is 15.0 Å². The third-order valence-electron chi connectivity index (χ3n) is 1.88. The van der Waals surface area contributed by atoms with E-state index in [0.29, 0.717) is 0 Å². The van der Waals surface area contributed by atoms with E-state index in [1.165, 1.54) is 12.1 Å². The predicted octanol–water partition coefficient (Wildman–Crippen LogP) is 3.53. The van der Waals surface area contributed by atoms with Gasteiger partial charge in [-0.1, -0.05) is 11.6 Å². The Kier molecular flexibility index (Phi) is 3.98. The van der Waals surface area contributed by atoms with Gasteiger partial charge in [0, 0.05) is 11.1 Å². The summed E-state index contributed by atoms with van der Waals surface area (Å²) in [4.78, 5) is 21.0.